The van der Waals surface area contributed by atoms with Crippen molar-refractivity contribution in [3.8, 4) is 5.69 Å². The van der Waals surface area contributed by atoms with Crippen LogP contribution in [0, 0.1) is 13.8 Å². The molecule has 0 radical (unpaired) electrons. The number of rotatable bonds is 4. The molecule has 0 spiro atoms. The van der Waals surface area contributed by atoms with Crippen molar-refractivity contribution in [3.63, 3.8) is 0 Å². The van der Waals surface area contributed by atoms with Gasteiger partial charge in [0.25, 0.3) is 5.91 Å². The van der Waals surface area contributed by atoms with Crippen molar-refractivity contribution in [2.24, 2.45) is 0 Å². The molecular formula is C19H18BrN3O. The van der Waals surface area contributed by atoms with Crippen LogP contribution < -0.4 is 5.32 Å². The second-order valence-electron chi connectivity index (χ2n) is 5.64. The number of nitrogens with one attached hydrogen (secondary N) is 1. The highest BCUT2D eigenvalue weighted by Gasteiger charge is 2.14. The predicted molar refractivity (Wildman–Crippen MR) is 98.4 cm³/mol. The van der Waals surface area contributed by atoms with E-state index in [0.717, 1.165) is 21.3 Å². The Morgan fingerprint density at radius 1 is 1.12 bits per heavy atom. The van der Waals surface area contributed by atoms with Crippen LogP contribution in [0.25, 0.3) is 5.69 Å². The summed E-state index contributed by atoms with van der Waals surface area (Å²) in [6, 6.07) is 15.8. The number of carbonyl (C=O) groups excluding carboxylic acids is 1. The number of carbonyl (C=O) groups is 1. The Balaban J connectivity index is 1.76. The molecule has 0 aliphatic carbocycles. The van der Waals surface area contributed by atoms with Gasteiger partial charge in [-0.3, -0.25) is 4.79 Å². The van der Waals surface area contributed by atoms with E-state index in [1.165, 1.54) is 0 Å². The van der Waals surface area contributed by atoms with Crippen molar-refractivity contribution in [2.45, 2.75) is 20.4 Å². The summed E-state index contributed by atoms with van der Waals surface area (Å²) in [6.45, 7) is 4.34. The van der Waals surface area contributed by atoms with Gasteiger partial charge in [0.15, 0.2) is 0 Å². The van der Waals surface area contributed by atoms with Crippen LogP contribution in [-0.4, -0.2) is 15.7 Å². The number of para-hydroxylation sites is 1. The molecule has 1 aromatic heterocycles. The molecule has 24 heavy (non-hydrogen) atoms. The van der Waals surface area contributed by atoms with Crippen LogP contribution in [0.3, 0.4) is 0 Å². The molecule has 0 saturated heterocycles. The quantitative estimate of drug-likeness (QED) is 0.734. The van der Waals surface area contributed by atoms with Crippen LogP contribution in [0.1, 0.15) is 27.2 Å². The summed E-state index contributed by atoms with van der Waals surface area (Å²) in [4.78, 5) is 12.5. The van der Waals surface area contributed by atoms with Crippen molar-refractivity contribution < 1.29 is 4.79 Å². The SMILES string of the molecule is Cc1cccc(CNC(=O)c2cn(-c3ccccc3)nc2C)c1Br. The smallest absolute Gasteiger partial charge is 0.255 e. The highest BCUT2D eigenvalue weighted by atomic mass is 79.9. The van der Waals surface area contributed by atoms with Crippen molar-refractivity contribution >= 4 is 21.8 Å². The monoisotopic (exact) mass is 383 g/mol. The normalized spacial score (nSPS) is 10.6. The number of aromatic nitrogens is 2. The molecule has 1 heterocycles. The lowest BCUT2D eigenvalue weighted by atomic mass is 10.1. The minimum atomic E-state index is -0.122. The number of amides is 1. The summed E-state index contributed by atoms with van der Waals surface area (Å²) in [5.74, 6) is -0.122. The molecule has 0 unspecified atom stereocenters. The van der Waals surface area contributed by atoms with Gasteiger partial charge in [-0.25, -0.2) is 4.68 Å². The van der Waals surface area contributed by atoms with Crippen LogP contribution in [0.15, 0.2) is 59.2 Å². The summed E-state index contributed by atoms with van der Waals surface area (Å²) in [7, 11) is 0. The lowest BCUT2D eigenvalue weighted by molar-refractivity contribution is 0.0950. The molecule has 4 nitrogen and oxygen atoms in total. The fourth-order valence-electron chi connectivity index (χ4n) is 2.51. The maximum atomic E-state index is 12.5. The summed E-state index contributed by atoms with van der Waals surface area (Å²) >= 11 is 3.57. The van der Waals surface area contributed by atoms with Crippen LogP contribution in [0.2, 0.25) is 0 Å². The molecule has 1 N–H and O–H groups in total. The van der Waals surface area contributed by atoms with Crippen molar-refractivity contribution in [3.05, 3.63) is 81.6 Å². The van der Waals surface area contributed by atoms with E-state index in [4.69, 9.17) is 0 Å². The first kappa shape index (κ1) is 16.5. The minimum Gasteiger partial charge on any atom is -0.348 e. The van der Waals surface area contributed by atoms with Crippen LogP contribution in [0.5, 0.6) is 0 Å². The molecule has 0 aliphatic rings. The Morgan fingerprint density at radius 2 is 1.88 bits per heavy atom. The zero-order chi connectivity index (χ0) is 17.1. The molecule has 5 heteroatoms. The van der Waals surface area contributed by atoms with Gasteiger partial charge in [0.2, 0.25) is 0 Å². The number of nitrogens with zero attached hydrogens (tertiary/aromatic N) is 2. The minimum absolute atomic E-state index is 0.122. The number of halogens is 1. The molecule has 0 bridgehead atoms. The third-order valence-corrected chi connectivity index (χ3v) is 5.01. The maximum Gasteiger partial charge on any atom is 0.255 e. The predicted octanol–water partition coefficient (Wildman–Crippen LogP) is 4.18. The number of hydrogen-bond acceptors (Lipinski definition) is 2. The Labute approximate surface area is 149 Å². The largest absolute Gasteiger partial charge is 0.348 e. The highest BCUT2D eigenvalue weighted by Crippen LogP contribution is 2.21. The van der Waals surface area contributed by atoms with Gasteiger partial charge in [-0.15, -0.1) is 0 Å². The molecular weight excluding hydrogens is 366 g/mol. The van der Waals surface area contributed by atoms with Crippen LogP contribution >= 0.6 is 15.9 Å². The average Bonchev–Trinajstić information content (AvgIpc) is 2.99. The van der Waals surface area contributed by atoms with Gasteiger partial charge >= 0.3 is 0 Å². The van der Waals surface area contributed by atoms with Crippen LogP contribution in [-0.2, 0) is 6.54 Å². The maximum absolute atomic E-state index is 12.5. The Hall–Kier alpha value is -2.40. The second-order valence-corrected chi connectivity index (χ2v) is 6.43. The standard InChI is InChI=1S/C19H18BrN3O/c1-13-7-6-8-15(18(13)20)11-21-19(24)17-12-23(22-14(17)2)16-9-4-3-5-10-16/h3-10,12H,11H2,1-2H3,(H,21,24). The molecule has 122 valence electrons. The van der Waals surface area contributed by atoms with Gasteiger partial charge in [0.1, 0.15) is 0 Å². The first-order valence-corrected chi connectivity index (χ1v) is 8.49. The van der Waals surface area contributed by atoms with Crippen LogP contribution in [0.4, 0.5) is 0 Å². The fourth-order valence-corrected chi connectivity index (χ4v) is 2.92. The zero-order valence-electron chi connectivity index (χ0n) is 13.6. The van der Waals surface area contributed by atoms with Gasteiger partial charge in [-0.1, -0.05) is 52.3 Å². The third-order valence-electron chi connectivity index (χ3n) is 3.88. The first-order chi connectivity index (χ1) is 11.6. The highest BCUT2D eigenvalue weighted by molar-refractivity contribution is 9.10. The molecule has 0 fully saturated rings. The van der Waals surface area contributed by atoms with E-state index in [1.807, 2.05) is 62.4 Å². The summed E-state index contributed by atoms with van der Waals surface area (Å²) in [5, 5.41) is 7.40. The van der Waals surface area contributed by atoms with E-state index in [0.29, 0.717) is 17.8 Å². The van der Waals surface area contributed by atoms with Gasteiger partial charge < -0.3 is 5.32 Å². The van der Waals surface area contributed by atoms with E-state index >= 15 is 0 Å². The molecule has 0 saturated carbocycles. The lowest BCUT2D eigenvalue weighted by Crippen LogP contribution is -2.23. The number of benzene rings is 2. The fraction of sp³-hybridized carbons (Fsp3) is 0.158. The van der Waals surface area contributed by atoms with Crippen molar-refractivity contribution in [2.75, 3.05) is 0 Å². The topological polar surface area (TPSA) is 46.9 Å². The average molecular weight is 384 g/mol. The lowest BCUT2D eigenvalue weighted by Gasteiger charge is -2.08. The summed E-state index contributed by atoms with van der Waals surface area (Å²) < 4.78 is 2.76. The number of aryl methyl sites for hydroxylation is 2. The van der Waals surface area contributed by atoms with Crippen molar-refractivity contribution in [1.82, 2.24) is 15.1 Å². The molecule has 1 amide bonds. The van der Waals surface area contributed by atoms with Gasteiger partial charge in [0, 0.05) is 17.2 Å². The first-order valence-electron chi connectivity index (χ1n) is 7.70. The second kappa shape index (κ2) is 7.01. The van der Waals surface area contributed by atoms with E-state index < -0.39 is 0 Å². The van der Waals surface area contributed by atoms with Gasteiger partial charge in [0.05, 0.1) is 16.9 Å². The van der Waals surface area contributed by atoms with Crippen molar-refractivity contribution in [1.29, 1.82) is 0 Å². The third kappa shape index (κ3) is 3.41. The van der Waals surface area contributed by atoms with E-state index in [2.05, 4.69) is 26.3 Å². The number of hydrogen-bond donors (Lipinski definition) is 1. The summed E-state index contributed by atoms with van der Waals surface area (Å²) in [5.41, 5.74) is 4.43. The Morgan fingerprint density at radius 3 is 2.62 bits per heavy atom. The zero-order valence-corrected chi connectivity index (χ0v) is 15.2. The van der Waals surface area contributed by atoms with E-state index in [-0.39, 0.29) is 5.91 Å². The van der Waals surface area contributed by atoms with Gasteiger partial charge in [-0.05, 0) is 37.1 Å². The Bertz CT molecular complexity index is 872. The molecule has 3 aromatic rings. The van der Waals surface area contributed by atoms with E-state index in [9.17, 15) is 4.79 Å². The molecule has 3 rings (SSSR count). The molecule has 2 aromatic carbocycles. The van der Waals surface area contributed by atoms with Gasteiger partial charge in [-0.2, -0.15) is 5.10 Å². The summed E-state index contributed by atoms with van der Waals surface area (Å²) in [6.07, 6.45) is 1.77. The van der Waals surface area contributed by atoms with E-state index in [1.54, 1.807) is 10.9 Å². The molecule has 0 aliphatic heterocycles. The molecule has 0 atom stereocenters. The Kier molecular flexibility index (Phi) is 4.81.